The van der Waals surface area contributed by atoms with Crippen molar-refractivity contribution in [2.45, 2.75) is 12.9 Å². The van der Waals surface area contributed by atoms with Crippen LogP contribution >= 0.6 is 0 Å². The van der Waals surface area contributed by atoms with E-state index in [1.54, 1.807) is 0 Å². The van der Waals surface area contributed by atoms with Crippen LogP contribution in [-0.4, -0.2) is 6.36 Å². The van der Waals surface area contributed by atoms with E-state index in [4.69, 9.17) is 11.5 Å². The van der Waals surface area contributed by atoms with Crippen molar-refractivity contribution >= 4 is 5.69 Å². The van der Waals surface area contributed by atoms with Crippen molar-refractivity contribution in [1.29, 1.82) is 0 Å². The molecule has 1 aromatic rings. The first kappa shape index (κ1) is 11.6. The number of ether oxygens (including phenoxy) is 1. The van der Waals surface area contributed by atoms with Crippen molar-refractivity contribution in [3.8, 4) is 5.75 Å². The highest BCUT2D eigenvalue weighted by Crippen LogP contribution is 2.29. The van der Waals surface area contributed by atoms with E-state index >= 15 is 0 Å². The number of anilines is 1. The number of nitrogen functional groups attached to an aromatic ring is 1. The molecule has 0 heterocycles. The summed E-state index contributed by atoms with van der Waals surface area (Å²) in [7, 11) is 0. The molecule has 4 N–H and O–H groups in total. The average molecular weight is 224 g/mol. The van der Waals surface area contributed by atoms with Crippen LogP contribution in [0.2, 0.25) is 0 Å². The maximum absolute atomic E-state index is 13.0. The van der Waals surface area contributed by atoms with E-state index in [9.17, 15) is 17.6 Å². The van der Waals surface area contributed by atoms with E-state index in [1.165, 1.54) is 0 Å². The Labute approximate surface area is 82.6 Å². The van der Waals surface area contributed by atoms with Gasteiger partial charge in [0, 0.05) is 18.3 Å². The van der Waals surface area contributed by atoms with Crippen molar-refractivity contribution in [2.24, 2.45) is 5.73 Å². The zero-order valence-electron chi connectivity index (χ0n) is 7.44. The Bertz CT molecular complexity index is 364. The molecule has 7 heteroatoms. The summed E-state index contributed by atoms with van der Waals surface area (Å²) in [6.07, 6.45) is -4.95. The van der Waals surface area contributed by atoms with Crippen molar-refractivity contribution < 1.29 is 22.3 Å². The summed E-state index contributed by atoms with van der Waals surface area (Å²) in [6.45, 7) is -0.0605. The first-order valence-corrected chi connectivity index (χ1v) is 3.87. The van der Waals surface area contributed by atoms with Gasteiger partial charge in [-0.2, -0.15) is 0 Å². The van der Waals surface area contributed by atoms with E-state index in [2.05, 4.69) is 4.74 Å². The van der Waals surface area contributed by atoms with Crippen LogP contribution in [0.4, 0.5) is 23.2 Å². The lowest BCUT2D eigenvalue weighted by molar-refractivity contribution is -0.275. The molecule has 0 radical (unpaired) electrons. The van der Waals surface area contributed by atoms with E-state index in [1.807, 2.05) is 0 Å². The fourth-order valence-electron chi connectivity index (χ4n) is 0.990. The molecule has 0 aliphatic rings. The van der Waals surface area contributed by atoms with Gasteiger partial charge in [-0.15, -0.1) is 13.2 Å². The number of nitrogens with two attached hydrogens (primary N) is 2. The summed E-state index contributed by atoms with van der Waals surface area (Å²) < 4.78 is 51.8. The van der Waals surface area contributed by atoms with Crippen LogP contribution < -0.4 is 16.2 Å². The number of alkyl halides is 3. The van der Waals surface area contributed by atoms with Crippen molar-refractivity contribution in [3.05, 3.63) is 23.5 Å². The summed E-state index contributed by atoms with van der Waals surface area (Å²) in [6, 6.07) is 1.57. The zero-order valence-corrected chi connectivity index (χ0v) is 7.44. The molecule has 3 nitrogen and oxygen atoms in total. The van der Waals surface area contributed by atoms with Crippen molar-refractivity contribution in [3.63, 3.8) is 0 Å². The normalized spacial score (nSPS) is 11.5. The molecule has 15 heavy (non-hydrogen) atoms. The highest BCUT2D eigenvalue weighted by Gasteiger charge is 2.32. The second-order valence-electron chi connectivity index (χ2n) is 2.73. The third kappa shape index (κ3) is 2.98. The third-order valence-electron chi connectivity index (χ3n) is 1.64. The molecule has 0 bridgehead atoms. The lowest BCUT2D eigenvalue weighted by Crippen LogP contribution is -2.18. The average Bonchev–Trinajstić information content (AvgIpc) is 2.08. The largest absolute Gasteiger partial charge is 0.573 e. The minimum absolute atomic E-state index is 0.0434. The Morgan fingerprint density at radius 3 is 2.33 bits per heavy atom. The molecule has 0 unspecified atom stereocenters. The quantitative estimate of drug-likeness (QED) is 0.594. The second kappa shape index (κ2) is 3.93. The van der Waals surface area contributed by atoms with Gasteiger partial charge < -0.3 is 16.2 Å². The molecule has 1 rings (SSSR count). The van der Waals surface area contributed by atoms with Crippen LogP contribution in [0.3, 0.4) is 0 Å². The molecule has 1 aromatic carbocycles. The number of hydrogen-bond donors (Lipinski definition) is 2. The van der Waals surface area contributed by atoms with Gasteiger partial charge in [-0.3, -0.25) is 0 Å². The molecule has 0 aromatic heterocycles. The van der Waals surface area contributed by atoms with Gasteiger partial charge in [0.05, 0.1) is 0 Å². The smallest absolute Gasteiger partial charge is 0.403 e. The van der Waals surface area contributed by atoms with Crippen molar-refractivity contribution in [1.82, 2.24) is 0 Å². The van der Waals surface area contributed by atoms with Gasteiger partial charge >= 0.3 is 6.36 Å². The summed E-state index contributed by atoms with van der Waals surface area (Å²) in [5.74, 6) is -2.11. The van der Waals surface area contributed by atoms with Gasteiger partial charge in [-0.1, -0.05) is 0 Å². The predicted molar refractivity (Wildman–Crippen MR) is 45.4 cm³/mol. The Kier molecular flexibility index (Phi) is 3.04. The SMILES string of the molecule is NCc1cc(F)c(OC(F)(F)F)cc1N. The van der Waals surface area contributed by atoms with Crippen LogP contribution in [0.15, 0.2) is 12.1 Å². The lowest BCUT2D eigenvalue weighted by atomic mass is 10.1. The number of rotatable bonds is 2. The fourth-order valence-corrected chi connectivity index (χ4v) is 0.990. The van der Waals surface area contributed by atoms with E-state index in [0.29, 0.717) is 0 Å². The molecule has 0 fully saturated rings. The van der Waals surface area contributed by atoms with Gasteiger partial charge in [-0.25, -0.2) is 4.39 Å². The van der Waals surface area contributed by atoms with E-state index in [0.717, 1.165) is 12.1 Å². The summed E-state index contributed by atoms with van der Waals surface area (Å²) in [5.41, 5.74) is 10.7. The van der Waals surface area contributed by atoms with Crippen LogP contribution in [0.1, 0.15) is 5.56 Å². The van der Waals surface area contributed by atoms with E-state index in [-0.39, 0.29) is 17.8 Å². The van der Waals surface area contributed by atoms with Crippen LogP contribution in [0.5, 0.6) is 5.75 Å². The summed E-state index contributed by atoms with van der Waals surface area (Å²) in [4.78, 5) is 0. The van der Waals surface area contributed by atoms with Gasteiger partial charge in [0.1, 0.15) is 0 Å². The van der Waals surface area contributed by atoms with Crippen LogP contribution in [0, 0.1) is 5.82 Å². The molecule has 0 aliphatic heterocycles. The second-order valence-corrected chi connectivity index (χ2v) is 2.73. The topological polar surface area (TPSA) is 61.3 Å². The Morgan fingerprint density at radius 1 is 1.27 bits per heavy atom. The molecule has 0 aliphatic carbocycles. The van der Waals surface area contributed by atoms with Gasteiger partial charge in [0.15, 0.2) is 11.6 Å². The highest BCUT2D eigenvalue weighted by atomic mass is 19.4. The minimum atomic E-state index is -4.95. The maximum atomic E-state index is 13.0. The first-order valence-electron chi connectivity index (χ1n) is 3.87. The third-order valence-corrected chi connectivity index (χ3v) is 1.64. The van der Waals surface area contributed by atoms with Crippen LogP contribution in [-0.2, 0) is 6.54 Å². The molecule has 84 valence electrons. The molecular weight excluding hydrogens is 216 g/mol. The van der Waals surface area contributed by atoms with E-state index < -0.39 is 17.9 Å². The number of benzene rings is 1. The maximum Gasteiger partial charge on any atom is 0.573 e. The van der Waals surface area contributed by atoms with Gasteiger partial charge in [0.2, 0.25) is 0 Å². The van der Waals surface area contributed by atoms with Crippen LogP contribution in [0.25, 0.3) is 0 Å². The predicted octanol–water partition coefficient (Wildman–Crippen LogP) is 1.77. The Balaban J connectivity index is 3.05. The Morgan fingerprint density at radius 2 is 1.87 bits per heavy atom. The highest BCUT2D eigenvalue weighted by molar-refractivity contribution is 5.52. The molecular formula is C8H8F4N2O. The van der Waals surface area contributed by atoms with Gasteiger partial charge in [-0.05, 0) is 11.6 Å². The fraction of sp³-hybridized carbons (Fsp3) is 0.250. The van der Waals surface area contributed by atoms with Gasteiger partial charge in [0.25, 0.3) is 0 Å². The molecule has 0 atom stereocenters. The number of hydrogen-bond acceptors (Lipinski definition) is 3. The number of halogens is 4. The zero-order chi connectivity index (χ0) is 11.6. The Hall–Kier alpha value is -1.50. The molecule has 0 amide bonds. The summed E-state index contributed by atoms with van der Waals surface area (Å²) in [5, 5.41) is 0. The van der Waals surface area contributed by atoms with Crippen molar-refractivity contribution in [2.75, 3.05) is 5.73 Å². The molecule has 0 saturated carbocycles. The molecule has 0 saturated heterocycles. The molecule has 0 spiro atoms. The first-order chi connectivity index (χ1) is 6.83. The summed E-state index contributed by atoms with van der Waals surface area (Å²) >= 11 is 0. The lowest BCUT2D eigenvalue weighted by Gasteiger charge is -2.11. The standard InChI is InChI=1S/C8H8F4N2O/c9-5-1-4(3-13)6(14)2-7(5)15-8(10,11)12/h1-2H,3,13-14H2. The monoisotopic (exact) mass is 224 g/mol. The minimum Gasteiger partial charge on any atom is -0.403 e.